The van der Waals surface area contributed by atoms with Crippen molar-refractivity contribution in [2.45, 2.75) is 17.8 Å². The number of hydrogen-bond donors (Lipinski definition) is 0. The lowest BCUT2D eigenvalue weighted by molar-refractivity contribution is 0.0600. The Morgan fingerprint density at radius 2 is 1.66 bits per heavy atom. The Morgan fingerprint density at radius 1 is 0.938 bits per heavy atom. The van der Waals surface area contributed by atoms with E-state index < -0.39 is 0 Å². The van der Waals surface area contributed by atoms with E-state index in [0.29, 0.717) is 11.3 Å². The number of carbonyl (C=O) groups is 1. The average Bonchev–Trinajstić information content (AvgIpc) is 3.26. The van der Waals surface area contributed by atoms with E-state index in [9.17, 15) is 4.79 Å². The molecule has 7 heteroatoms. The third-order valence-electron chi connectivity index (χ3n) is 5.12. The van der Waals surface area contributed by atoms with Crippen molar-refractivity contribution in [2.24, 2.45) is 0 Å². The number of thioether (sulfide) groups is 1. The van der Waals surface area contributed by atoms with Crippen molar-refractivity contribution in [2.75, 3.05) is 14.2 Å². The van der Waals surface area contributed by atoms with E-state index in [1.165, 1.54) is 18.9 Å². The van der Waals surface area contributed by atoms with Crippen LogP contribution in [0.2, 0.25) is 0 Å². The molecule has 4 rings (SSSR count). The Hall–Kier alpha value is -3.58. The molecule has 1 heterocycles. The number of carbonyl (C=O) groups excluding carboxylic acids is 1. The second-order valence-corrected chi connectivity index (χ2v) is 8.04. The summed E-state index contributed by atoms with van der Waals surface area (Å²) in [5.74, 6) is 1.73. The molecule has 0 saturated carbocycles. The fraction of sp³-hybridized carbons (Fsp3) is 0.160. The molecule has 0 aliphatic rings. The minimum absolute atomic E-state index is 0.347. The first-order chi connectivity index (χ1) is 15.6. The van der Waals surface area contributed by atoms with Crippen LogP contribution in [0.3, 0.4) is 0 Å². The summed E-state index contributed by atoms with van der Waals surface area (Å²) in [6, 6.07) is 23.3. The van der Waals surface area contributed by atoms with Gasteiger partial charge in [-0.2, -0.15) is 0 Å². The highest BCUT2D eigenvalue weighted by Crippen LogP contribution is 2.32. The third kappa shape index (κ3) is 4.38. The van der Waals surface area contributed by atoms with E-state index in [4.69, 9.17) is 9.47 Å². The molecule has 0 saturated heterocycles. The Balaban J connectivity index is 1.74. The van der Waals surface area contributed by atoms with Crippen molar-refractivity contribution in [1.29, 1.82) is 0 Å². The molecule has 0 aliphatic heterocycles. The number of ether oxygens (including phenoxy) is 2. The number of para-hydroxylation sites is 1. The van der Waals surface area contributed by atoms with Crippen LogP contribution in [-0.4, -0.2) is 35.0 Å². The van der Waals surface area contributed by atoms with Crippen molar-refractivity contribution in [1.82, 2.24) is 14.8 Å². The molecule has 0 fully saturated rings. The molecule has 0 aliphatic carbocycles. The first-order valence-electron chi connectivity index (χ1n) is 10.1. The maximum atomic E-state index is 12.1. The van der Waals surface area contributed by atoms with Crippen molar-refractivity contribution in [3.8, 4) is 22.8 Å². The monoisotopic (exact) mass is 445 g/mol. The van der Waals surface area contributed by atoms with Crippen LogP contribution in [0, 0.1) is 6.92 Å². The van der Waals surface area contributed by atoms with Gasteiger partial charge in [-0.05, 0) is 54.4 Å². The van der Waals surface area contributed by atoms with Gasteiger partial charge in [-0.1, -0.05) is 48.2 Å². The van der Waals surface area contributed by atoms with E-state index in [-0.39, 0.29) is 5.97 Å². The van der Waals surface area contributed by atoms with Gasteiger partial charge >= 0.3 is 5.97 Å². The summed E-state index contributed by atoms with van der Waals surface area (Å²) in [6.45, 7) is 2.06. The Kier molecular flexibility index (Phi) is 6.56. The Bertz CT molecular complexity index is 1240. The molecule has 0 atom stereocenters. The van der Waals surface area contributed by atoms with E-state index in [2.05, 4.69) is 33.8 Å². The molecule has 0 unspecified atom stereocenters. The Morgan fingerprint density at radius 3 is 2.38 bits per heavy atom. The highest BCUT2D eigenvalue weighted by atomic mass is 32.2. The minimum atomic E-state index is -0.347. The number of aryl methyl sites for hydroxylation is 1. The summed E-state index contributed by atoms with van der Waals surface area (Å²) in [4.78, 5) is 12.1. The van der Waals surface area contributed by atoms with Crippen LogP contribution in [0.5, 0.6) is 5.75 Å². The van der Waals surface area contributed by atoms with Gasteiger partial charge in [-0.25, -0.2) is 4.79 Å². The fourth-order valence-corrected chi connectivity index (χ4v) is 4.37. The topological polar surface area (TPSA) is 66.2 Å². The van der Waals surface area contributed by atoms with Crippen LogP contribution in [0.25, 0.3) is 17.1 Å². The fourth-order valence-electron chi connectivity index (χ4n) is 3.42. The number of hydrogen-bond acceptors (Lipinski definition) is 6. The molecule has 4 aromatic rings. The van der Waals surface area contributed by atoms with Crippen LogP contribution >= 0.6 is 11.8 Å². The molecular formula is C25H23N3O3S. The van der Waals surface area contributed by atoms with E-state index >= 15 is 0 Å². The van der Waals surface area contributed by atoms with E-state index in [1.54, 1.807) is 13.2 Å². The number of aromatic nitrogens is 3. The molecule has 162 valence electrons. The van der Waals surface area contributed by atoms with Gasteiger partial charge in [0.05, 0.1) is 25.5 Å². The van der Waals surface area contributed by atoms with E-state index in [0.717, 1.165) is 39.1 Å². The molecule has 0 radical (unpaired) electrons. The zero-order valence-corrected chi connectivity index (χ0v) is 18.9. The van der Waals surface area contributed by atoms with Crippen molar-refractivity contribution < 1.29 is 14.3 Å². The highest BCUT2D eigenvalue weighted by Gasteiger charge is 2.19. The smallest absolute Gasteiger partial charge is 0.338 e. The van der Waals surface area contributed by atoms with Crippen molar-refractivity contribution in [3.05, 3.63) is 89.5 Å². The van der Waals surface area contributed by atoms with Crippen LogP contribution in [-0.2, 0) is 10.5 Å². The number of nitrogens with zero attached hydrogens (tertiary/aromatic N) is 3. The lowest BCUT2D eigenvalue weighted by atomic mass is 10.1. The van der Waals surface area contributed by atoms with Crippen molar-refractivity contribution >= 4 is 17.7 Å². The lowest BCUT2D eigenvalue weighted by Gasteiger charge is -2.13. The highest BCUT2D eigenvalue weighted by molar-refractivity contribution is 7.98. The lowest BCUT2D eigenvalue weighted by Crippen LogP contribution is -2.05. The van der Waals surface area contributed by atoms with Gasteiger partial charge < -0.3 is 9.47 Å². The molecule has 0 bridgehead atoms. The third-order valence-corrected chi connectivity index (χ3v) is 6.10. The van der Waals surface area contributed by atoms with Gasteiger partial charge in [0.2, 0.25) is 0 Å². The van der Waals surface area contributed by atoms with Crippen LogP contribution in [0.1, 0.15) is 21.5 Å². The van der Waals surface area contributed by atoms with Gasteiger partial charge in [-0.15, -0.1) is 10.2 Å². The molecule has 0 amide bonds. The predicted molar refractivity (Wildman–Crippen MR) is 125 cm³/mol. The number of esters is 1. The summed E-state index contributed by atoms with van der Waals surface area (Å²) in [6.07, 6.45) is 0. The van der Waals surface area contributed by atoms with Crippen LogP contribution in [0.15, 0.2) is 78.0 Å². The quantitative estimate of drug-likeness (QED) is 0.283. The molecule has 32 heavy (non-hydrogen) atoms. The van der Waals surface area contributed by atoms with Gasteiger partial charge in [0.1, 0.15) is 5.75 Å². The maximum Gasteiger partial charge on any atom is 0.338 e. The molecule has 1 aromatic heterocycles. The molecule has 6 nitrogen and oxygen atoms in total. The minimum Gasteiger partial charge on any atom is -0.497 e. The molecular weight excluding hydrogens is 422 g/mol. The zero-order valence-electron chi connectivity index (χ0n) is 18.1. The molecule has 3 aromatic carbocycles. The van der Waals surface area contributed by atoms with Gasteiger partial charge in [0, 0.05) is 11.3 Å². The summed E-state index contributed by atoms with van der Waals surface area (Å²) >= 11 is 1.53. The summed E-state index contributed by atoms with van der Waals surface area (Å²) < 4.78 is 12.3. The Labute approximate surface area is 191 Å². The summed E-state index contributed by atoms with van der Waals surface area (Å²) in [7, 11) is 3.04. The summed E-state index contributed by atoms with van der Waals surface area (Å²) in [5, 5.41) is 9.74. The SMILES string of the molecule is COC(=O)c1ccccc1CSc1nnc(-c2ccc(OC)cc2)n1-c1ccccc1C. The first-order valence-corrected chi connectivity index (χ1v) is 11.1. The van der Waals surface area contributed by atoms with Gasteiger partial charge in [0.15, 0.2) is 11.0 Å². The standard InChI is InChI=1S/C25H23N3O3S/c1-17-8-4-7-11-22(17)28-23(18-12-14-20(30-2)15-13-18)26-27-25(28)32-16-19-9-5-6-10-21(19)24(29)31-3/h4-15H,16H2,1-3H3. The van der Waals surface area contributed by atoms with Crippen molar-refractivity contribution in [3.63, 3.8) is 0 Å². The largest absolute Gasteiger partial charge is 0.497 e. The summed E-state index contributed by atoms with van der Waals surface area (Å²) in [5.41, 5.74) is 4.49. The second kappa shape index (κ2) is 9.70. The average molecular weight is 446 g/mol. The zero-order chi connectivity index (χ0) is 22.5. The van der Waals surface area contributed by atoms with Crippen LogP contribution in [0.4, 0.5) is 0 Å². The number of rotatable bonds is 7. The second-order valence-electron chi connectivity index (χ2n) is 7.09. The first kappa shape index (κ1) is 21.6. The number of methoxy groups -OCH3 is 2. The van der Waals surface area contributed by atoms with Gasteiger partial charge in [0.25, 0.3) is 0 Å². The normalized spacial score (nSPS) is 10.7. The number of benzene rings is 3. The van der Waals surface area contributed by atoms with Gasteiger partial charge in [-0.3, -0.25) is 4.57 Å². The van der Waals surface area contributed by atoms with E-state index in [1.807, 2.05) is 54.6 Å². The predicted octanol–water partition coefficient (Wildman–Crippen LogP) is 5.33. The molecule has 0 spiro atoms. The maximum absolute atomic E-state index is 12.1. The van der Waals surface area contributed by atoms with Crippen LogP contribution < -0.4 is 4.74 Å². The molecule has 0 N–H and O–H groups in total.